The van der Waals surface area contributed by atoms with Crippen LogP contribution in [0.4, 0.5) is 13.6 Å². The Labute approximate surface area is 165 Å². The highest BCUT2D eigenvalue weighted by Crippen LogP contribution is 2.47. The Morgan fingerprint density at radius 2 is 1.50 bits per heavy atom. The second-order valence-electron chi connectivity index (χ2n) is 9.05. The number of alkyl halides is 2. The van der Waals surface area contributed by atoms with Gasteiger partial charge in [-0.3, -0.25) is 0 Å². The lowest BCUT2D eigenvalue weighted by Crippen LogP contribution is -2.45. The molecule has 1 amide bonds. The molecule has 0 spiro atoms. The summed E-state index contributed by atoms with van der Waals surface area (Å²) < 4.78 is 40.6. The molecule has 0 aromatic heterocycles. The highest BCUT2D eigenvalue weighted by molar-refractivity contribution is 5.79. The van der Waals surface area contributed by atoms with Crippen molar-refractivity contribution in [1.82, 2.24) is 4.90 Å². The second-order valence-corrected chi connectivity index (χ2v) is 9.05. The molecule has 7 heteroatoms. The molecule has 0 bridgehead atoms. The molecule has 1 aromatic rings. The normalized spacial score (nSPS) is 20.8. The van der Waals surface area contributed by atoms with Gasteiger partial charge >= 0.3 is 18.0 Å². The lowest BCUT2D eigenvalue weighted by molar-refractivity contribution is -0.193. The van der Waals surface area contributed by atoms with Gasteiger partial charge in [0.05, 0.1) is 12.0 Å². The summed E-state index contributed by atoms with van der Waals surface area (Å²) in [6.07, 6.45) is -0.714. The fourth-order valence-corrected chi connectivity index (χ4v) is 3.26. The van der Waals surface area contributed by atoms with E-state index in [1.807, 2.05) is 0 Å². The van der Waals surface area contributed by atoms with Crippen molar-refractivity contribution in [3.8, 4) is 0 Å². The summed E-state index contributed by atoms with van der Waals surface area (Å²) >= 11 is 0. The SMILES string of the molecule is CC(C)(C)OC(=O)N1CC[C@@H](C(F)(F)C(=O)OC(C)(C)C)[C@@H]1c1ccccc1. The average Bonchev–Trinajstić information content (AvgIpc) is 2.98. The van der Waals surface area contributed by atoms with Crippen LogP contribution in [-0.2, 0) is 14.3 Å². The van der Waals surface area contributed by atoms with Gasteiger partial charge in [-0.05, 0) is 53.5 Å². The third-order valence-corrected chi connectivity index (χ3v) is 4.30. The molecule has 0 unspecified atom stereocenters. The van der Waals surface area contributed by atoms with Gasteiger partial charge < -0.3 is 14.4 Å². The van der Waals surface area contributed by atoms with Crippen molar-refractivity contribution in [2.75, 3.05) is 6.54 Å². The molecule has 1 saturated heterocycles. The van der Waals surface area contributed by atoms with Crippen LogP contribution in [0.15, 0.2) is 30.3 Å². The van der Waals surface area contributed by atoms with Crippen molar-refractivity contribution < 1.29 is 27.8 Å². The lowest BCUT2D eigenvalue weighted by Gasteiger charge is -2.33. The summed E-state index contributed by atoms with van der Waals surface area (Å²) in [5.74, 6) is -6.72. The number of esters is 1. The summed E-state index contributed by atoms with van der Waals surface area (Å²) in [5.41, 5.74) is -1.27. The maximum absolute atomic E-state index is 15.1. The molecule has 2 rings (SSSR count). The molecular formula is C21H29F2NO4. The maximum Gasteiger partial charge on any atom is 0.410 e. The van der Waals surface area contributed by atoms with Gasteiger partial charge in [-0.25, -0.2) is 9.59 Å². The molecule has 1 heterocycles. The summed E-state index contributed by atoms with van der Waals surface area (Å²) in [6.45, 7) is 9.82. The van der Waals surface area contributed by atoms with Crippen LogP contribution in [0.1, 0.15) is 59.6 Å². The van der Waals surface area contributed by atoms with E-state index in [-0.39, 0.29) is 13.0 Å². The first-order chi connectivity index (χ1) is 12.7. The van der Waals surface area contributed by atoms with E-state index < -0.39 is 41.1 Å². The molecule has 0 aliphatic carbocycles. The van der Waals surface area contributed by atoms with Crippen LogP contribution in [0, 0.1) is 5.92 Å². The van der Waals surface area contributed by atoms with Crippen LogP contribution in [-0.4, -0.2) is 40.6 Å². The fourth-order valence-electron chi connectivity index (χ4n) is 3.26. The van der Waals surface area contributed by atoms with E-state index in [0.717, 1.165) is 0 Å². The highest BCUT2D eigenvalue weighted by Gasteiger charge is 2.58. The summed E-state index contributed by atoms with van der Waals surface area (Å²) in [7, 11) is 0. The summed E-state index contributed by atoms with van der Waals surface area (Å²) in [5, 5.41) is 0. The number of hydrogen-bond donors (Lipinski definition) is 0. The minimum Gasteiger partial charge on any atom is -0.456 e. The van der Waals surface area contributed by atoms with Crippen LogP contribution >= 0.6 is 0 Å². The Balaban J connectivity index is 2.38. The number of carbonyl (C=O) groups excluding carboxylic acids is 2. The van der Waals surface area contributed by atoms with Crippen LogP contribution in [0.5, 0.6) is 0 Å². The van der Waals surface area contributed by atoms with Gasteiger partial charge in [-0.15, -0.1) is 0 Å². The zero-order valence-electron chi connectivity index (χ0n) is 17.3. The molecule has 0 radical (unpaired) electrons. The smallest absolute Gasteiger partial charge is 0.410 e. The van der Waals surface area contributed by atoms with Crippen molar-refractivity contribution in [2.45, 2.75) is 71.1 Å². The van der Waals surface area contributed by atoms with Gasteiger partial charge in [0.1, 0.15) is 11.2 Å². The molecular weight excluding hydrogens is 368 g/mol. The third-order valence-electron chi connectivity index (χ3n) is 4.30. The first kappa shape index (κ1) is 22.1. The predicted octanol–water partition coefficient (Wildman–Crippen LogP) is 4.96. The van der Waals surface area contributed by atoms with Gasteiger partial charge in [0, 0.05) is 6.54 Å². The number of halogens is 2. The Bertz CT molecular complexity index is 707. The zero-order valence-corrected chi connectivity index (χ0v) is 17.3. The number of ether oxygens (including phenoxy) is 2. The van der Waals surface area contributed by atoms with E-state index in [1.165, 1.54) is 25.7 Å². The molecule has 156 valence electrons. The Hall–Kier alpha value is -2.18. The molecule has 1 aliphatic heterocycles. The molecule has 1 aromatic carbocycles. The monoisotopic (exact) mass is 397 g/mol. The Kier molecular flexibility index (Phi) is 6.07. The first-order valence-corrected chi connectivity index (χ1v) is 9.38. The topological polar surface area (TPSA) is 55.8 Å². The second kappa shape index (κ2) is 7.68. The van der Waals surface area contributed by atoms with Gasteiger partial charge in [0.25, 0.3) is 0 Å². The van der Waals surface area contributed by atoms with Crippen molar-refractivity contribution >= 4 is 12.1 Å². The quantitative estimate of drug-likeness (QED) is 0.677. The number of carbonyl (C=O) groups is 2. The Morgan fingerprint density at radius 3 is 2.00 bits per heavy atom. The highest BCUT2D eigenvalue weighted by atomic mass is 19.3. The van der Waals surface area contributed by atoms with Crippen molar-refractivity contribution in [3.05, 3.63) is 35.9 Å². The maximum atomic E-state index is 15.1. The number of amides is 1. The van der Waals surface area contributed by atoms with Crippen LogP contribution in [0.25, 0.3) is 0 Å². The summed E-state index contributed by atoms with van der Waals surface area (Å²) in [4.78, 5) is 26.2. The Morgan fingerprint density at radius 1 is 0.964 bits per heavy atom. The number of rotatable bonds is 3. The van der Waals surface area contributed by atoms with E-state index in [2.05, 4.69) is 0 Å². The van der Waals surface area contributed by atoms with E-state index in [4.69, 9.17) is 9.47 Å². The molecule has 0 saturated carbocycles. The van der Waals surface area contributed by atoms with Crippen molar-refractivity contribution in [1.29, 1.82) is 0 Å². The largest absolute Gasteiger partial charge is 0.456 e. The summed E-state index contributed by atoms with van der Waals surface area (Å²) in [6, 6.07) is 7.54. The van der Waals surface area contributed by atoms with Gasteiger partial charge in [-0.1, -0.05) is 30.3 Å². The van der Waals surface area contributed by atoms with Crippen LogP contribution < -0.4 is 0 Å². The van der Waals surface area contributed by atoms with E-state index in [9.17, 15) is 9.59 Å². The van der Waals surface area contributed by atoms with Crippen molar-refractivity contribution in [3.63, 3.8) is 0 Å². The zero-order chi connectivity index (χ0) is 21.3. The lowest BCUT2D eigenvalue weighted by atomic mass is 9.88. The van der Waals surface area contributed by atoms with Gasteiger partial charge in [0.2, 0.25) is 0 Å². The molecule has 1 aliphatic rings. The van der Waals surface area contributed by atoms with E-state index in [1.54, 1.807) is 51.1 Å². The molecule has 1 fully saturated rings. The number of hydrogen-bond acceptors (Lipinski definition) is 4. The van der Waals surface area contributed by atoms with Gasteiger partial charge in [-0.2, -0.15) is 8.78 Å². The molecule has 0 N–H and O–H groups in total. The number of benzene rings is 1. The number of nitrogens with zero attached hydrogens (tertiary/aromatic N) is 1. The molecule has 5 nitrogen and oxygen atoms in total. The molecule has 2 atom stereocenters. The standard InChI is InChI=1S/C21H29F2NO4/c1-19(2,3)27-17(25)21(22,23)15-12-13-24(18(26)28-20(4,5)6)16(15)14-10-8-7-9-11-14/h7-11,15-16H,12-13H2,1-6H3/t15-,16+/m1/s1. The minimum absolute atomic E-state index is 0.0367. The number of likely N-dealkylation sites (tertiary alicyclic amines) is 1. The van der Waals surface area contributed by atoms with Gasteiger partial charge in [0.15, 0.2) is 0 Å². The van der Waals surface area contributed by atoms with E-state index in [0.29, 0.717) is 5.56 Å². The molecule has 28 heavy (non-hydrogen) atoms. The predicted molar refractivity (Wildman–Crippen MR) is 101 cm³/mol. The minimum atomic E-state index is -3.75. The fraction of sp³-hybridized carbons (Fsp3) is 0.619. The first-order valence-electron chi connectivity index (χ1n) is 9.38. The van der Waals surface area contributed by atoms with Crippen LogP contribution in [0.2, 0.25) is 0 Å². The van der Waals surface area contributed by atoms with Crippen molar-refractivity contribution in [2.24, 2.45) is 5.92 Å². The third kappa shape index (κ3) is 5.20. The van der Waals surface area contributed by atoms with Crippen LogP contribution in [0.3, 0.4) is 0 Å². The van der Waals surface area contributed by atoms with E-state index >= 15 is 8.78 Å². The average molecular weight is 397 g/mol.